The van der Waals surface area contributed by atoms with Crippen molar-refractivity contribution in [2.45, 2.75) is 46.1 Å². The lowest BCUT2D eigenvalue weighted by molar-refractivity contribution is -0.107. The van der Waals surface area contributed by atoms with Crippen molar-refractivity contribution in [1.82, 2.24) is 5.32 Å². The number of carbonyl (C=O) groups excluding carboxylic acids is 2. The lowest BCUT2D eigenvalue weighted by atomic mass is 10.1. The summed E-state index contributed by atoms with van der Waals surface area (Å²) in [6.07, 6.45) is 15.7. The van der Waals surface area contributed by atoms with Crippen LogP contribution in [0.1, 0.15) is 37.8 Å². The van der Waals surface area contributed by atoms with Crippen molar-refractivity contribution in [3.05, 3.63) is 117 Å². The number of aldehydes is 1. The van der Waals surface area contributed by atoms with Gasteiger partial charge in [0.1, 0.15) is 13.1 Å². The Morgan fingerprint density at radius 2 is 1.57 bits per heavy atom. The van der Waals surface area contributed by atoms with Crippen LogP contribution in [0.4, 0.5) is 5.69 Å². The Bertz CT molecular complexity index is 698. The number of hydrogen-bond acceptors (Lipinski definition) is 4. The third-order valence-electron chi connectivity index (χ3n) is 4.06. The molecule has 2 N–H and O–H groups in total. The van der Waals surface area contributed by atoms with Crippen LogP contribution in [-0.2, 0) is 16.0 Å². The van der Waals surface area contributed by atoms with Gasteiger partial charge in [0, 0.05) is 25.2 Å². The van der Waals surface area contributed by atoms with Crippen LogP contribution < -0.4 is 10.6 Å². The van der Waals surface area contributed by atoms with Crippen molar-refractivity contribution in [3.63, 3.8) is 0 Å². The first-order chi connectivity index (χ1) is 17.1. The highest BCUT2D eigenvalue weighted by Crippen LogP contribution is 2.17. The van der Waals surface area contributed by atoms with Crippen molar-refractivity contribution in [1.29, 1.82) is 0 Å². The summed E-state index contributed by atoms with van der Waals surface area (Å²) in [5, 5.41) is 6.32. The summed E-state index contributed by atoms with van der Waals surface area (Å²) in [5.74, 6) is 0. The smallest absolute Gasteiger partial charge is 0.120 e. The zero-order chi connectivity index (χ0) is 28.5. The van der Waals surface area contributed by atoms with Crippen LogP contribution in [0.5, 0.6) is 0 Å². The second-order valence-corrected chi connectivity index (χ2v) is 6.22. The number of aryl methyl sites for hydroxylation is 2. The fourth-order valence-electron chi connectivity index (χ4n) is 2.57. The Hall–Kier alpha value is -3.50. The van der Waals surface area contributed by atoms with E-state index in [0.29, 0.717) is 12.5 Å². The summed E-state index contributed by atoms with van der Waals surface area (Å²) in [7, 11) is 3.85. The molecule has 4 nitrogen and oxygen atoms in total. The molecule has 0 bridgehead atoms. The number of benzene rings is 1. The van der Waals surface area contributed by atoms with Crippen molar-refractivity contribution in [3.8, 4) is 0 Å². The molecule has 4 heteroatoms. The Kier molecular flexibility index (Phi) is 45.1. The maximum atomic E-state index is 10.2. The Balaban J connectivity index is -0.000000133. The van der Waals surface area contributed by atoms with Crippen LogP contribution in [0, 0.1) is 6.92 Å². The summed E-state index contributed by atoms with van der Waals surface area (Å²) in [5.41, 5.74) is 4.88. The molecular formula is C31H50N2O2. The van der Waals surface area contributed by atoms with Crippen LogP contribution >= 0.6 is 0 Å². The molecule has 0 radical (unpaired) electrons. The number of rotatable bonds is 10. The molecule has 35 heavy (non-hydrogen) atoms. The fraction of sp³-hybridized carbons (Fsp3) is 0.290. The van der Waals surface area contributed by atoms with E-state index in [1.165, 1.54) is 16.7 Å². The molecule has 0 spiro atoms. The quantitative estimate of drug-likeness (QED) is 0.205. The summed E-state index contributed by atoms with van der Waals surface area (Å²) in [6, 6.07) is 6.59. The third-order valence-corrected chi connectivity index (χ3v) is 4.06. The highest BCUT2D eigenvalue weighted by atomic mass is 16.1. The molecule has 0 amide bonds. The second kappa shape index (κ2) is 37.8. The van der Waals surface area contributed by atoms with Gasteiger partial charge >= 0.3 is 0 Å². The average Bonchev–Trinajstić information content (AvgIpc) is 2.94. The van der Waals surface area contributed by atoms with Crippen LogP contribution in [0.15, 0.2) is 106 Å². The van der Waals surface area contributed by atoms with Crippen molar-refractivity contribution >= 4 is 18.8 Å². The molecule has 0 saturated carbocycles. The molecule has 0 aliphatic carbocycles. The molecule has 1 atom stereocenters. The monoisotopic (exact) mass is 482 g/mol. The number of likely N-dealkylation sites (N-methyl/N-ethyl adjacent to an activating group) is 1. The van der Waals surface area contributed by atoms with Gasteiger partial charge in [0.05, 0.1) is 0 Å². The lowest BCUT2D eigenvalue weighted by Gasteiger charge is -2.11. The van der Waals surface area contributed by atoms with E-state index in [1.54, 1.807) is 0 Å². The lowest BCUT2D eigenvalue weighted by Crippen LogP contribution is -2.22. The normalized spacial score (nSPS) is 10.1. The van der Waals surface area contributed by atoms with Gasteiger partial charge in [-0.25, -0.2) is 0 Å². The SMILES string of the molecule is C=C.C=C.C=C.C=CC(CC(/C=C\C)=C/C=C\C)NC.C=O.CNc1ccc(C)cc1CCC=O. The minimum absolute atomic E-state index is 0.350. The van der Waals surface area contributed by atoms with Gasteiger partial charge < -0.3 is 20.2 Å². The van der Waals surface area contributed by atoms with Gasteiger partial charge in [0.25, 0.3) is 0 Å². The first-order valence-corrected chi connectivity index (χ1v) is 11.3. The minimum atomic E-state index is 0.350. The molecule has 1 rings (SSSR count). The third kappa shape index (κ3) is 26.6. The number of carbonyl (C=O) groups is 2. The molecule has 0 aliphatic rings. The Morgan fingerprint density at radius 3 is 1.97 bits per heavy atom. The van der Waals surface area contributed by atoms with Crippen LogP contribution in [-0.4, -0.2) is 33.2 Å². The zero-order valence-electron chi connectivity index (χ0n) is 22.9. The molecule has 196 valence electrons. The van der Waals surface area contributed by atoms with E-state index in [1.807, 2.05) is 46.9 Å². The van der Waals surface area contributed by atoms with E-state index < -0.39 is 0 Å². The number of anilines is 1. The Labute approximate surface area is 216 Å². The maximum Gasteiger partial charge on any atom is 0.120 e. The molecule has 1 unspecified atom stereocenters. The van der Waals surface area contributed by atoms with Crippen LogP contribution in [0.3, 0.4) is 0 Å². The summed E-state index contributed by atoms with van der Waals surface area (Å²) < 4.78 is 0. The first kappa shape index (κ1) is 41.7. The first-order valence-electron chi connectivity index (χ1n) is 11.3. The van der Waals surface area contributed by atoms with Crippen LogP contribution in [0.2, 0.25) is 0 Å². The summed E-state index contributed by atoms with van der Waals surface area (Å²) in [6.45, 7) is 29.9. The zero-order valence-corrected chi connectivity index (χ0v) is 22.9. The van der Waals surface area contributed by atoms with Gasteiger partial charge in [-0.1, -0.05) is 54.2 Å². The van der Waals surface area contributed by atoms with Crippen molar-refractivity contribution in [2.75, 3.05) is 19.4 Å². The second-order valence-electron chi connectivity index (χ2n) is 6.22. The molecular weight excluding hydrogens is 432 g/mol. The topological polar surface area (TPSA) is 58.2 Å². The van der Waals surface area contributed by atoms with E-state index in [9.17, 15) is 4.79 Å². The fourth-order valence-corrected chi connectivity index (χ4v) is 2.57. The van der Waals surface area contributed by atoms with Crippen molar-refractivity contribution < 1.29 is 9.59 Å². The molecule has 0 saturated heterocycles. The molecule has 0 aromatic heterocycles. The van der Waals surface area contributed by atoms with E-state index >= 15 is 0 Å². The molecule has 0 heterocycles. The largest absolute Gasteiger partial charge is 0.388 e. The standard InChI is InChI=1S/C13H21N.C11H15NO.3C2H4.CH2O/c1-5-8-10-12(9-6-2)11-13(7-3)14-4;1-9-5-6-11(12-2)10(8-9)4-3-7-13;4*1-2/h5-10,13-14H,3,11H2,1-2,4H3;5-8,12H,3-4H2,1-2H3;3*1-2H2;1H2/b8-5-,9-6-,12-10+;;;;;. The number of nitrogens with one attached hydrogen (secondary N) is 2. The Morgan fingerprint density at radius 1 is 1.00 bits per heavy atom. The van der Waals surface area contributed by atoms with Crippen molar-refractivity contribution in [2.24, 2.45) is 0 Å². The predicted molar refractivity (Wildman–Crippen MR) is 161 cm³/mol. The van der Waals surface area contributed by atoms with Gasteiger partial charge in [0.2, 0.25) is 0 Å². The van der Waals surface area contributed by atoms with E-state index in [2.05, 4.69) is 106 Å². The minimum Gasteiger partial charge on any atom is -0.388 e. The summed E-state index contributed by atoms with van der Waals surface area (Å²) in [4.78, 5) is 18.2. The molecule has 0 fully saturated rings. The number of allylic oxidation sites excluding steroid dienone is 5. The van der Waals surface area contributed by atoms with E-state index in [-0.39, 0.29) is 0 Å². The predicted octanol–water partition coefficient (Wildman–Crippen LogP) is 7.62. The average molecular weight is 483 g/mol. The van der Waals surface area contributed by atoms with Gasteiger partial charge in [0.15, 0.2) is 0 Å². The maximum absolute atomic E-state index is 10.2. The molecule has 1 aromatic rings. The van der Waals surface area contributed by atoms with Crippen LogP contribution in [0.25, 0.3) is 0 Å². The number of hydrogen-bond donors (Lipinski definition) is 2. The van der Waals surface area contributed by atoms with Gasteiger partial charge in [-0.15, -0.1) is 46.1 Å². The highest BCUT2D eigenvalue weighted by Gasteiger charge is 2.01. The van der Waals surface area contributed by atoms with E-state index in [0.717, 1.165) is 24.8 Å². The highest BCUT2D eigenvalue weighted by molar-refractivity contribution is 5.56. The van der Waals surface area contributed by atoms with Gasteiger partial charge in [-0.2, -0.15) is 0 Å². The molecule has 0 aliphatic heterocycles. The summed E-state index contributed by atoms with van der Waals surface area (Å²) >= 11 is 0. The van der Waals surface area contributed by atoms with E-state index in [4.69, 9.17) is 4.79 Å². The van der Waals surface area contributed by atoms with Gasteiger partial charge in [-0.3, -0.25) is 0 Å². The molecule has 1 aromatic carbocycles. The van der Waals surface area contributed by atoms with Gasteiger partial charge in [-0.05, 0) is 57.9 Å².